The molecule has 1 aliphatic heterocycles. The largest absolute Gasteiger partial charge is 0.506 e. The van der Waals surface area contributed by atoms with E-state index in [1.165, 1.54) is 38.5 Å². The van der Waals surface area contributed by atoms with Gasteiger partial charge in [-0.05, 0) is 91.2 Å². The molecule has 1 aromatic carbocycles. The van der Waals surface area contributed by atoms with Crippen molar-refractivity contribution in [2.24, 2.45) is 17.8 Å². The number of thiazole rings is 1. The molecule has 6 amide bonds. The molecule has 394 valence electrons. The summed E-state index contributed by atoms with van der Waals surface area (Å²) in [6, 6.07) is 2.13. The number of nitrogens with one attached hydrogen (secondary N) is 5. The minimum Gasteiger partial charge on any atom is -0.506 e. The topological polar surface area (TPSA) is 275 Å². The number of piperidine rings is 1. The number of aromatic nitrogens is 1. The number of methoxy groups -OCH3 is 1. The zero-order valence-electron chi connectivity index (χ0n) is 42.3. The Morgan fingerprint density at radius 2 is 1.75 bits per heavy atom. The van der Waals surface area contributed by atoms with Crippen LogP contribution in [0.15, 0.2) is 34.1 Å². The number of carbonyl (C=O) groups is 8. The van der Waals surface area contributed by atoms with E-state index in [4.69, 9.17) is 9.47 Å². The van der Waals surface area contributed by atoms with Crippen molar-refractivity contribution < 1.29 is 58.0 Å². The SMILES string of the molecule is CC[C@H](C)[C@H](NC(=O)[C@H]1CCCCN1C)C(=O)N(C)C(C[C@@H](OC(C)=O)c1nc(C(=O)N[C@@H](Cc2ccc(O)c(NC(=O)CCCNC(=O)/C=C(/Br)C(=O)NCCOC)c2)CC(C)C(=O)O)cs1)C(C)C. The molecule has 2 aromatic rings. The first kappa shape index (κ1) is 59.9. The monoisotopic (exact) mass is 1080 g/mol. The van der Waals surface area contributed by atoms with E-state index in [9.17, 15) is 48.6 Å². The second-order valence-electron chi connectivity index (χ2n) is 18.4. The van der Waals surface area contributed by atoms with E-state index in [1.54, 1.807) is 18.0 Å². The molecule has 2 unspecified atom stereocenters. The molecule has 0 radical (unpaired) electrons. The number of hydrogen-bond acceptors (Lipinski definition) is 14. The lowest BCUT2D eigenvalue weighted by Gasteiger charge is -2.38. The van der Waals surface area contributed by atoms with Gasteiger partial charge in [0.15, 0.2) is 6.10 Å². The summed E-state index contributed by atoms with van der Waals surface area (Å²) in [7, 11) is 5.09. The third-order valence-electron chi connectivity index (χ3n) is 12.4. The van der Waals surface area contributed by atoms with Crippen LogP contribution in [0.4, 0.5) is 5.69 Å². The lowest BCUT2D eigenvalue weighted by atomic mass is 9.92. The Balaban J connectivity index is 1.74. The van der Waals surface area contributed by atoms with Gasteiger partial charge < -0.3 is 51.2 Å². The normalized spacial score (nSPS) is 16.6. The molecule has 1 aliphatic rings. The number of carboxylic acids is 1. The highest BCUT2D eigenvalue weighted by atomic mass is 79.9. The van der Waals surface area contributed by atoms with Crippen molar-refractivity contribution in [3.8, 4) is 5.75 Å². The molecule has 2 heterocycles. The van der Waals surface area contributed by atoms with Crippen LogP contribution in [0.5, 0.6) is 5.75 Å². The number of amides is 6. The van der Waals surface area contributed by atoms with Gasteiger partial charge >= 0.3 is 11.9 Å². The predicted octanol–water partition coefficient (Wildman–Crippen LogP) is 4.67. The van der Waals surface area contributed by atoms with Crippen LogP contribution in [0.3, 0.4) is 0 Å². The van der Waals surface area contributed by atoms with Crippen molar-refractivity contribution in [2.45, 2.75) is 130 Å². The smallest absolute Gasteiger partial charge is 0.306 e. The number of carbonyl (C=O) groups excluding carboxylic acids is 7. The average Bonchev–Trinajstić information content (AvgIpc) is 3.82. The Morgan fingerprint density at radius 3 is 2.38 bits per heavy atom. The van der Waals surface area contributed by atoms with Gasteiger partial charge in [-0.1, -0.05) is 53.5 Å². The molecule has 7 N–H and O–H groups in total. The molecule has 3 rings (SSSR count). The highest BCUT2D eigenvalue weighted by Crippen LogP contribution is 2.32. The number of halogens is 1. The number of phenols is 1. The van der Waals surface area contributed by atoms with Gasteiger partial charge in [0.05, 0.1) is 28.7 Å². The highest BCUT2D eigenvalue weighted by Gasteiger charge is 2.37. The number of benzene rings is 1. The number of carboxylic acid groups (broad SMARTS) is 1. The molecule has 7 atom stereocenters. The van der Waals surface area contributed by atoms with Gasteiger partial charge in [0.2, 0.25) is 23.6 Å². The minimum absolute atomic E-state index is 0.00478. The number of phenolic OH excluding ortho intramolecular Hbond substituents is 1. The average molecular weight is 1080 g/mol. The number of aliphatic carboxylic acids is 1. The summed E-state index contributed by atoms with van der Waals surface area (Å²) >= 11 is 4.16. The zero-order chi connectivity index (χ0) is 52.9. The van der Waals surface area contributed by atoms with Crippen LogP contribution in [-0.2, 0) is 49.5 Å². The minimum atomic E-state index is -1.08. The molecule has 1 saturated heterocycles. The molecule has 1 fully saturated rings. The van der Waals surface area contributed by atoms with Crippen LogP contribution in [0.1, 0.15) is 120 Å². The first-order valence-corrected chi connectivity index (χ1v) is 25.7. The van der Waals surface area contributed by atoms with Crippen LogP contribution in [0.25, 0.3) is 0 Å². The fraction of sp³-hybridized carbons (Fsp3) is 0.612. The first-order chi connectivity index (χ1) is 33.6. The van der Waals surface area contributed by atoms with Gasteiger partial charge in [-0.25, -0.2) is 4.98 Å². The van der Waals surface area contributed by atoms with Crippen LogP contribution in [-0.4, -0.2) is 144 Å². The summed E-state index contributed by atoms with van der Waals surface area (Å²) in [5.74, 6) is -5.64. The van der Waals surface area contributed by atoms with Gasteiger partial charge in [0.25, 0.3) is 11.8 Å². The fourth-order valence-corrected chi connectivity index (χ4v) is 9.28. The maximum absolute atomic E-state index is 14.3. The maximum atomic E-state index is 14.3. The third kappa shape index (κ3) is 19.6. The highest BCUT2D eigenvalue weighted by molar-refractivity contribution is 9.12. The molecule has 0 bridgehead atoms. The summed E-state index contributed by atoms with van der Waals surface area (Å²) in [4.78, 5) is 112. The number of rotatable bonds is 28. The Hall–Kier alpha value is -5.45. The molecular formula is C49H73BrN8O12S. The second kappa shape index (κ2) is 29.8. The number of anilines is 1. The van der Waals surface area contributed by atoms with Gasteiger partial charge in [0, 0.05) is 70.6 Å². The van der Waals surface area contributed by atoms with E-state index >= 15 is 0 Å². The van der Waals surface area contributed by atoms with Crippen molar-refractivity contribution in [3.63, 3.8) is 0 Å². The number of esters is 1. The van der Waals surface area contributed by atoms with Crippen molar-refractivity contribution in [1.82, 2.24) is 36.1 Å². The van der Waals surface area contributed by atoms with Crippen molar-refractivity contribution >= 4 is 80.3 Å². The standard InChI is InChI=1S/C49H73BrN8O12S/c1-10-29(4)43(56-46(65)37-14-11-12-20-57(37)7)48(66)58(8)38(28(2)3)26-40(70-31(6)59)47-55-36(27-71-47)45(64)53-33(22-30(5)49(67)68)23-32-16-17-39(60)35(24-32)54-41(61)15-13-18-51-42(62)25-34(50)44(63)52-19-21-69-9/h16-17,24-25,27-30,33,37-38,40,43,60H,10-15,18-23,26H2,1-9H3,(H,51,62)(H,52,63)(H,53,64)(H,54,61)(H,56,65)(H,67,68)/b34-25+/t29-,30?,33+,37+,38?,40+,43-/m0/s1. The van der Waals surface area contributed by atoms with Crippen LogP contribution in [0.2, 0.25) is 0 Å². The van der Waals surface area contributed by atoms with E-state index in [0.717, 1.165) is 36.8 Å². The first-order valence-electron chi connectivity index (χ1n) is 24.0. The lowest BCUT2D eigenvalue weighted by molar-refractivity contribution is -0.149. The van der Waals surface area contributed by atoms with E-state index in [-0.39, 0.29) is 96.5 Å². The summed E-state index contributed by atoms with van der Waals surface area (Å²) < 4.78 is 10.7. The Morgan fingerprint density at radius 1 is 1.03 bits per heavy atom. The number of likely N-dealkylation sites (tertiary alicyclic amines) is 1. The third-order valence-corrected chi connectivity index (χ3v) is 13.9. The number of aromatic hydroxyl groups is 1. The molecule has 71 heavy (non-hydrogen) atoms. The Kier molecular flexibility index (Phi) is 25.1. The number of likely N-dealkylation sites (N-methyl/N-ethyl adjacent to an activating group) is 2. The molecule has 0 aliphatic carbocycles. The summed E-state index contributed by atoms with van der Waals surface area (Å²) in [5.41, 5.74) is 0.634. The molecule has 20 nitrogen and oxygen atoms in total. The summed E-state index contributed by atoms with van der Waals surface area (Å²) in [6.07, 6.45) is 3.89. The molecule has 1 aromatic heterocycles. The quantitative estimate of drug-likeness (QED) is 0.0264. The fourth-order valence-electron chi connectivity index (χ4n) is 8.09. The van der Waals surface area contributed by atoms with Crippen LogP contribution < -0.4 is 26.6 Å². The van der Waals surface area contributed by atoms with E-state index in [1.807, 2.05) is 39.6 Å². The number of ether oxygens (including phenoxy) is 2. The molecular weight excluding hydrogens is 1000 g/mol. The molecule has 22 heteroatoms. The second-order valence-corrected chi connectivity index (χ2v) is 20.2. The number of hydrogen-bond donors (Lipinski definition) is 7. The van der Waals surface area contributed by atoms with Crippen molar-refractivity contribution in [2.75, 3.05) is 52.8 Å². The lowest BCUT2D eigenvalue weighted by Crippen LogP contribution is -2.58. The molecule has 0 saturated carbocycles. The summed E-state index contributed by atoms with van der Waals surface area (Å²) in [5, 5.41) is 36.0. The Bertz CT molecular complexity index is 2190. The van der Waals surface area contributed by atoms with Crippen LogP contribution in [0, 0.1) is 17.8 Å². The van der Waals surface area contributed by atoms with Gasteiger partial charge in [-0.3, -0.25) is 43.3 Å². The van der Waals surface area contributed by atoms with E-state index in [0.29, 0.717) is 30.0 Å². The zero-order valence-corrected chi connectivity index (χ0v) is 44.7. The van der Waals surface area contributed by atoms with Gasteiger partial charge in [-0.2, -0.15) is 0 Å². The Labute approximate surface area is 428 Å². The van der Waals surface area contributed by atoms with Crippen LogP contribution >= 0.6 is 27.3 Å². The van der Waals surface area contributed by atoms with Crippen molar-refractivity contribution in [3.05, 3.63) is 50.4 Å². The van der Waals surface area contributed by atoms with E-state index in [2.05, 4.69) is 47.5 Å². The summed E-state index contributed by atoms with van der Waals surface area (Å²) in [6.45, 7) is 12.0. The number of nitrogens with zero attached hydrogens (tertiary/aromatic N) is 3. The predicted molar refractivity (Wildman–Crippen MR) is 272 cm³/mol. The van der Waals surface area contributed by atoms with Crippen molar-refractivity contribution in [1.29, 1.82) is 0 Å². The van der Waals surface area contributed by atoms with Gasteiger partial charge in [0.1, 0.15) is 22.5 Å². The molecule has 0 spiro atoms. The van der Waals surface area contributed by atoms with E-state index < -0.39 is 65.7 Å². The maximum Gasteiger partial charge on any atom is 0.306 e. The van der Waals surface area contributed by atoms with Gasteiger partial charge in [-0.15, -0.1) is 11.3 Å².